The molecule has 4 rings (SSSR count). The molecule has 0 aliphatic carbocycles. The van der Waals surface area contributed by atoms with E-state index in [1.807, 2.05) is 59.2 Å². The number of hydrogen-bond acceptors (Lipinski definition) is 7. The average Bonchev–Trinajstić information content (AvgIpc) is 3.32. The lowest BCUT2D eigenvalue weighted by atomic mass is 10.2. The fourth-order valence-corrected chi connectivity index (χ4v) is 4.13. The van der Waals surface area contributed by atoms with Crippen molar-refractivity contribution in [1.29, 1.82) is 0 Å². The zero-order valence-corrected chi connectivity index (χ0v) is 21.4. The van der Waals surface area contributed by atoms with Gasteiger partial charge in [0, 0.05) is 12.2 Å². The topological polar surface area (TPSA) is 93.8 Å². The molecule has 1 N–H and O–H groups in total. The molecule has 0 spiro atoms. The fourth-order valence-electron chi connectivity index (χ4n) is 3.36. The number of nitrogens with zero attached hydrogens (tertiary/aromatic N) is 5. The van der Waals surface area contributed by atoms with E-state index in [1.54, 1.807) is 30.3 Å². The van der Waals surface area contributed by atoms with Crippen molar-refractivity contribution in [1.82, 2.24) is 14.8 Å². The third kappa shape index (κ3) is 7.62. The Kier molecular flexibility index (Phi) is 9.20. The third-order valence-corrected chi connectivity index (χ3v) is 6.29. The van der Waals surface area contributed by atoms with Gasteiger partial charge in [0.2, 0.25) is 5.91 Å². The van der Waals surface area contributed by atoms with Crippen molar-refractivity contribution in [2.45, 2.75) is 31.7 Å². The van der Waals surface area contributed by atoms with Gasteiger partial charge in [-0.15, -0.1) is 16.8 Å². The monoisotopic (exact) mass is 512 g/mol. The molecule has 0 aliphatic rings. The molecule has 1 heterocycles. The number of allylic oxidation sites excluding steroid dienone is 1. The summed E-state index contributed by atoms with van der Waals surface area (Å²) in [5.41, 5.74) is 3.41. The standard InChI is InChI=1S/C28H28N6O2S/c1-3-18-34-26(19-36-25-16-10-21(4-2)11-17-25)32-33-28(34)37-20-27(35)29-22-12-14-24(15-13-22)31-30-23-8-6-5-7-9-23/h3,5-17H,1,4,18-20H2,2H3,(H,29,35). The summed E-state index contributed by atoms with van der Waals surface area (Å²) in [6.07, 6.45) is 2.75. The number of benzene rings is 3. The van der Waals surface area contributed by atoms with E-state index in [4.69, 9.17) is 4.74 Å². The van der Waals surface area contributed by atoms with E-state index in [-0.39, 0.29) is 18.3 Å². The van der Waals surface area contributed by atoms with Crippen molar-refractivity contribution in [3.63, 3.8) is 0 Å². The quantitative estimate of drug-likeness (QED) is 0.129. The zero-order valence-electron chi connectivity index (χ0n) is 20.6. The van der Waals surface area contributed by atoms with E-state index in [0.717, 1.165) is 17.9 Å². The highest BCUT2D eigenvalue weighted by atomic mass is 32.2. The minimum Gasteiger partial charge on any atom is -0.486 e. The summed E-state index contributed by atoms with van der Waals surface area (Å²) in [5.74, 6) is 1.48. The Hall–Kier alpha value is -4.24. The van der Waals surface area contributed by atoms with Crippen molar-refractivity contribution < 1.29 is 9.53 Å². The van der Waals surface area contributed by atoms with Crippen molar-refractivity contribution in [3.8, 4) is 5.75 Å². The molecule has 0 radical (unpaired) electrons. The summed E-state index contributed by atoms with van der Waals surface area (Å²) in [6, 6.07) is 24.7. The Balaban J connectivity index is 1.30. The number of hydrogen-bond donors (Lipinski definition) is 1. The second-order valence-electron chi connectivity index (χ2n) is 8.00. The number of carbonyl (C=O) groups excluding carboxylic acids is 1. The number of azo groups is 1. The molecule has 188 valence electrons. The van der Waals surface area contributed by atoms with Gasteiger partial charge in [-0.25, -0.2) is 0 Å². The van der Waals surface area contributed by atoms with Crippen LogP contribution in [0.15, 0.2) is 107 Å². The first-order valence-electron chi connectivity index (χ1n) is 11.9. The predicted molar refractivity (Wildman–Crippen MR) is 147 cm³/mol. The van der Waals surface area contributed by atoms with Crippen LogP contribution in [0.2, 0.25) is 0 Å². The second-order valence-corrected chi connectivity index (χ2v) is 8.95. The molecule has 1 aromatic heterocycles. The number of aryl methyl sites for hydroxylation is 1. The number of thioether (sulfide) groups is 1. The van der Waals surface area contributed by atoms with Crippen LogP contribution < -0.4 is 10.1 Å². The van der Waals surface area contributed by atoms with Gasteiger partial charge in [-0.3, -0.25) is 9.36 Å². The van der Waals surface area contributed by atoms with Gasteiger partial charge in [0.05, 0.1) is 17.1 Å². The Morgan fingerprint density at radius 2 is 1.70 bits per heavy atom. The summed E-state index contributed by atoms with van der Waals surface area (Å²) in [4.78, 5) is 12.5. The maximum absolute atomic E-state index is 12.5. The van der Waals surface area contributed by atoms with Gasteiger partial charge >= 0.3 is 0 Å². The summed E-state index contributed by atoms with van der Waals surface area (Å²) in [6.45, 7) is 6.73. The lowest BCUT2D eigenvalue weighted by Gasteiger charge is -2.10. The number of amides is 1. The first-order chi connectivity index (χ1) is 18.1. The highest BCUT2D eigenvalue weighted by molar-refractivity contribution is 7.99. The number of nitrogens with one attached hydrogen (secondary N) is 1. The predicted octanol–water partition coefficient (Wildman–Crippen LogP) is 6.75. The minimum absolute atomic E-state index is 0.148. The Bertz CT molecular complexity index is 1340. The lowest BCUT2D eigenvalue weighted by molar-refractivity contribution is -0.113. The van der Waals surface area contributed by atoms with Crippen LogP contribution in [0.25, 0.3) is 0 Å². The molecule has 37 heavy (non-hydrogen) atoms. The molecule has 0 atom stereocenters. The smallest absolute Gasteiger partial charge is 0.234 e. The third-order valence-electron chi connectivity index (χ3n) is 5.33. The van der Waals surface area contributed by atoms with Crippen molar-refractivity contribution in [2.75, 3.05) is 11.1 Å². The van der Waals surface area contributed by atoms with Crippen LogP contribution in [0.4, 0.5) is 17.1 Å². The van der Waals surface area contributed by atoms with E-state index in [1.165, 1.54) is 17.3 Å². The Morgan fingerprint density at radius 3 is 2.38 bits per heavy atom. The molecular formula is C28H28N6O2S. The second kappa shape index (κ2) is 13.2. The van der Waals surface area contributed by atoms with Gasteiger partial charge in [0.25, 0.3) is 0 Å². The Labute approximate surface area is 220 Å². The largest absolute Gasteiger partial charge is 0.486 e. The summed E-state index contributed by atoms with van der Waals surface area (Å²) in [5, 5.41) is 20.5. The molecule has 0 saturated heterocycles. The van der Waals surface area contributed by atoms with Crippen molar-refractivity contribution >= 4 is 34.7 Å². The van der Waals surface area contributed by atoms with Crippen LogP contribution in [-0.2, 0) is 24.4 Å². The summed E-state index contributed by atoms with van der Waals surface area (Å²) < 4.78 is 7.79. The molecule has 8 nitrogen and oxygen atoms in total. The highest BCUT2D eigenvalue weighted by Crippen LogP contribution is 2.22. The van der Waals surface area contributed by atoms with Crippen LogP contribution >= 0.6 is 11.8 Å². The van der Waals surface area contributed by atoms with Gasteiger partial charge in [-0.2, -0.15) is 10.2 Å². The van der Waals surface area contributed by atoms with Gasteiger partial charge in [-0.1, -0.05) is 55.1 Å². The fraction of sp³-hybridized carbons (Fsp3) is 0.179. The van der Waals surface area contributed by atoms with Crippen LogP contribution in [0.5, 0.6) is 5.75 Å². The molecule has 9 heteroatoms. The molecule has 0 unspecified atom stereocenters. The van der Waals surface area contributed by atoms with E-state index in [0.29, 0.717) is 28.9 Å². The van der Waals surface area contributed by atoms with E-state index < -0.39 is 0 Å². The number of anilines is 1. The van der Waals surface area contributed by atoms with Gasteiger partial charge in [-0.05, 0) is 60.5 Å². The molecule has 1 amide bonds. The lowest BCUT2D eigenvalue weighted by Crippen LogP contribution is -2.15. The molecular weight excluding hydrogens is 484 g/mol. The van der Waals surface area contributed by atoms with Crippen molar-refractivity contribution in [2.24, 2.45) is 10.2 Å². The zero-order chi connectivity index (χ0) is 25.9. The average molecular weight is 513 g/mol. The Morgan fingerprint density at radius 1 is 1.00 bits per heavy atom. The van der Waals surface area contributed by atoms with Crippen LogP contribution in [0, 0.1) is 0 Å². The maximum atomic E-state index is 12.5. The number of carbonyl (C=O) groups is 1. The van der Waals surface area contributed by atoms with E-state index >= 15 is 0 Å². The van der Waals surface area contributed by atoms with E-state index in [9.17, 15) is 4.79 Å². The molecule has 0 bridgehead atoms. The maximum Gasteiger partial charge on any atom is 0.234 e. The number of ether oxygens (including phenoxy) is 1. The van der Waals surface area contributed by atoms with Crippen molar-refractivity contribution in [3.05, 3.63) is 103 Å². The molecule has 3 aromatic carbocycles. The van der Waals surface area contributed by atoms with Crippen LogP contribution in [-0.4, -0.2) is 26.4 Å². The van der Waals surface area contributed by atoms with Gasteiger partial charge in [0.1, 0.15) is 12.4 Å². The highest BCUT2D eigenvalue weighted by Gasteiger charge is 2.14. The van der Waals surface area contributed by atoms with Crippen LogP contribution in [0.3, 0.4) is 0 Å². The minimum atomic E-state index is -0.148. The first-order valence-corrected chi connectivity index (χ1v) is 12.9. The first kappa shape index (κ1) is 25.8. The van der Waals surface area contributed by atoms with Crippen LogP contribution in [0.1, 0.15) is 18.3 Å². The molecule has 4 aromatic rings. The molecule has 0 fully saturated rings. The van der Waals surface area contributed by atoms with Gasteiger partial charge < -0.3 is 10.1 Å². The summed E-state index contributed by atoms with van der Waals surface area (Å²) in [7, 11) is 0. The molecule has 0 saturated carbocycles. The normalized spacial score (nSPS) is 10.9. The molecule has 0 aliphatic heterocycles. The number of rotatable bonds is 12. The number of aromatic nitrogens is 3. The summed E-state index contributed by atoms with van der Waals surface area (Å²) >= 11 is 1.31. The van der Waals surface area contributed by atoms with Gasteiger partial charge in [0.15, 0.2) is 11.0 Å². The SMILES string of the molecule is C=CCn1c(COc2ccc(CC)cc2)nnc1SCC(=O)Nc1ccc(N=Nc2ccccc2)cc1. The van der Waals surface area contributed by atoms with E-state index in [2.05, 4.69) is 39.2 Å².